The van der Waals surface area contributed by atoms with E-state index in [2.05, 4.69) is 11.1 Å². The van der Waals surface area contributed by atoms with Crippen LogP contribution in [-0.2, 0) is 12.0 Å². The number of pyridine rings is 1. The average Bonchev–Trinajstić information content (AvgIpc) is 2.49. The van der Waals surface area contributed by atoms with Gasteiger partial charge in [0.1, 0.15) is 5.82 Å². The van der Waals surface area contributed by atoms with Crippen molar-refractivity contribution in [2.75, 3.05) is 0 Å². The highest BCUT2D eigenvalue weighted by atomic mass is 19.1. The molecule has 0 spiro atoms. The molecule has 1 atom stereocenters. The van der Waals surface area contributed by atoms with Crippen molar-refractivity contribution in [3.05, 3.63) is 77.9 Å². The third kappa shape index (κ3) is 2.78. The molecular formula is C18H17FN2. The van der Waals surface area contributed by atoms with Crippen LogP contribution in [0.5, 0.6) is 0 Å². The van der Waals surface area contributed by atoms with Gasteiger partial charge in [-0.25, -0.2) is 4.39 Å². The van der Waals surface area contributed by atoms with Gasteiger partial charge >= 0.3 is 0 Å². The zero-order chi connectivity index (χ0) is 14.9. The number of aromatic nitrogens is 1. The highest BCUT2D eigenvalue weighted by Crippen LogP contribution is 2.28. The standard InChI is InChI=1S/C18H17FN2/c1-18(20,10-13-6-8-15(19)9-7-13)17-12-21-11-14-4-2-3-5-16(14)17/h2-9,11-12H,10,20H2,1H3. The minimum atomic E-state index is -0.564. The molecule has 0 bridgehead atoms. The van der Waals surface area contributed by atoms with E-state index in [0.717, 1.165) is 21.9 Å². The molecule has 2 aromatic carbocycles. The number of nitrogens with zero attached hydrogens (tertiary/aromatic N) is 1. The van der Waals surface area contributed by atoms with E-state index in [9.17, 15) is 4.39 Å². The minimum Gasteiger partial charge on any atom is -0.321 e. The SMILES string of the molecule is CC(N)(Cc1ccc(F)cc1)c1cncc2ccccc12. The second-order valence-electron chi connectivity index (χ2n) is 5.63. The molecule has 0 saturated carbocycles. The van der Waals surface area contributed by atoms with Gasteiger partial charge in [-0.2, -0.15) is 0 Å². The van der Waals surface area contributed by atoms with Crippen LogP contribution in [0.25, 0.3) is 10.8 Å². The number of hydrogen-bond donors (Lipinski definition) is 1. The summed E-state index contributed by atoms with van der Waals surface area (Å²) in [6.45, 7) is 1.99. The number of fused-ring (bicyclic) bond motifs is 1. The highest BCUT2D eigenvalue weighted by molar-refractivity contribution is 5.85. The lowest BCUT2D eigenvalue weighted by molar-refractivity contribution is 0.493. The van der Waals surface area contributed by atoms with Crippen LogP contribution in [0.4, 0.5) is 4.39 Å². The van der Waals surface area contributed by atoms with Gasteiger partial charge in [0, 0.05) is 23.3 Å². The van der Waals surface area contributed by atoms with Crippen molar-refractivity contribution >= 4 is 10.8 Å². The molecule has 2 nitrogen and oxygen atoms in total. The maximum absolute atomic E-state index is 13.0. The molecule has 2 N–H and O–H groups in total. The Hall–Kier alpha value is -2.26. The number of benzene rings is 2. The summed E-state index contributed by atoms with van der Waals surface area (Å²) in [5, 5.41) is 2.19. The van der Waals surface area contributed by atoms with Crippen molar-refractivity contribution < 1.29 is 4.39 Å². The number of hydrogen-bond acceptors (Lipinski definition) is 2. The molecule has 1 heterocycles. The maximum Gasteiger partial charge on any atom is 0.123 e. The smallest absolute Gasteiger partial charge is 0.123 e. The zero-order valence-corrected chi connectivity index (χ0v) is 11.9. The Morgan fingerprint density at radius 1 is 1.05 bits per heavy atom. The zero-order valence-electron chi connectivity index (χ0n) is 11.9. The van der Waals surface area contributed by atoms with Crippen LogP contribution < -0.4 is 5.73 Å². The largest absolute Gasteiger partial charge is 0.321 e. The number of halogens is 1. The Balaban J connectivity index is 2.01. The molecule has 0 saturated heterocycles. The third-order valence-electron chi connectivity index (χ3n) is 3.77. The van der Waals surface area contributed by atoms with Crippen molar-refractivity contribution in [1.29, 1.82) is 0 Å². The summed E-state index contributed by atoms with van der Waals surface area (Å²) in [5.41, 5.74) is 7.99. The molecule has 106 valence electrons. The van der Waals surface area contributed by atoms with Gasteiger partial charge in [0.25, 0.3) is 0 Å². The fourth-order valence-electron chi connectivity index (χ4n) is 2.69. The van der Waals surface area contributed by atoms with Crippen LogP contribution in [-0.4, -0.2) is 4.98 Å². The molecule has 1 unspecified atom stereocenters. The summed E-state index contributed by atoms with van der Waals surface area (Å²) in [6, 6.07) is 14.6. The maximum atomic E-state index is 13.0. The first-order valence-electron chi connectivity index (χ1n) is 6.93. The van der Waals surface area contributed by atoms with E-state index in [1.54, 1.807) is 12.1 Å². The molecule has 0 fully saturated rings. The van der Waals surface area contributed by atoms with Crippen LogP contribution in [0.1, 0.15) is 18.1 Å². The summed E-state index contributed by atoms with van der Waals surface area (Å²) in [5.74, 6) is -0.232. The van der Waals surface area contributed by atoms with E-state index in [1.165, 1.54) is 12.1 Å². The molecule has 0 radical (unpaired) electrons. The second-order valence-corrected chi connectivity index (χ2v) is 5.63. The van der Waals surface area contributed by atoms with Crippen molar-refractivity contribution in [3.63, 3.8) is 0 Å². The Labute approximate surface area is 123 Å². The molecule has 1 aromatic heterocycles. The molecule has 0 aliphatic heterocycles. The molecule has 0 aliphatic carbocycles. The van der Waals surface area contributed by atoms with Crippen molar-refractivity contribution in [2.45, 2.75) is 18.9 Å². The van der Waals surface area contributed by atoms with Crippen LogP contribution in [0, 0.1) is 5.82 Å². The minimum absolute atomic E-state index is 0.232. The van der Waals surface area contributed by atoms with Gasteiger partial charge in [-0.15, -0.1) is 0 Å². The Bertz CT molecular complexity index is 758. The first kappa shape index (κ1) is 13.7. The average molecular weight is 280 g/mol. The van der Waals surface area contributed by atoms with E-state index in [1.807, 2.05) is 37.5 Å². The molecule has 3 rings (SSSR count). The lowest BCUT2D eigenvalue weighted by Crippen LogP contribution is -2.35. The lowest BCUT2D eigenvalue weighted by Gasteiger charge is -2.26. The molecule has 0 aliphatic rings. The van der Waals surface area contributed by atoms with Gasteiger partial charge in [-0.3, -0.25) is 4.98 Å². The van der Waals surface area contributed by atoms with Gasteiger partial charge in [0.05, 0.1) is 0 Å². The number of nitrogens with two attached hydrogens (primary N) is 1. The van der Waals surface area contributed by atoms with Crippen molar-refractivity contribution in [2.24, 2.45) is 5.73 Å². The van der Waals surface area contributed by atoms with Gasteiger partial charge in [-0.1, -0.05) is 36.4 Å². The fraction of sp³-hybridized carbons (Fsp3) is 0.167. The molecule has 21 heavy (non-hydrogen) atoms. The summed E-state index contributed by atoms with van der Waals surface area (Å²) in [6.07, 6.45) is 4.29. The first-order chi connectivity index (χ1) is 10.1. The van der Waals surface area contributed by atoms with Crippen LogP contribution >= 0.6 is 0 Å². The molecular weight excluding hydrogens is 263 g/mol. The summed E-state index contributed by atoms with van der Waals surface area (Å²) in [4.78, 5) is 4.29. The van der Waals surface area contributed by atoms with E-state index in [4.69, 9.17) is 5.73 Å². The van der Waals surface area contributed by atoms with Crippen molar-refractivity contribution in [1.82, 2.24) is 4.98 Å². The topological polar surface area (TPSA) is 38.9 Å². The summed E-state index contributed by atoms with van der Waals surface area (Å²) in [7, 11) is 0. The van der Waals surface area contributed by atoms with Crippen LogP contribution in [0.15, 0.2) is 60.9 Å². The highest BCUT2D eigenvalue weighted by Gasteiger charge is 2.24. The molecule has 3 aromatic rings. The first-order valence-corrected chi connectivity index (χ1v) is 6.93. The van der Waals surface area contributed by atoms with Crippen molar-refractivity contribution in [3.8, 4) is 0 Å². The van der Waals surface area contributed by atoms with Gasteiger partial charge in [-0.05, 0) is 42.0 Å². The fourth-order valence-corrected chi connectivity index (χ4v) is 2.69. The summed E-state index contributed by atoms with van der Waals surface area (Å²) >= 11 is 0. The van der Waals surface area contributed by atoms with Gasteiger partial charge in [0.15, 0.2) is 0 Å². The number of rotatable bonds is 3. The van der Waals surface area contributed by atoms with Crippen LogP contribution in [0.3, 0.4) is 0 Å². The Morgan fingerprint density at radius 2 is 1.76 bits per heavy atom. The quantitative estimate of drug-likeness (QED) is 0.792. The van der Waals surface area contributed by atoms with Gasteiger partial charge < -0.3 is 5.73 Å². The van der Waals surface area contributed by atoms with Gasteiger partial charge in [0.2, 0.25) is 0 Å². The van der Waals surface area contributed by atoms with E-state index < -0.39 is 5.54 Å². The monoisotopic (exact) mass is 280 g/mol. The van der Waals surface area contributed by atoms with E-state index in [-0.39, 0.29) is 5.82 Å². The summed E-state index contributed by atoms with van der Waals surface area (Å²) < 4.78 is 13.0. The Morgan fingerprint density at radius 3 is 2.52 bits per heavy atom. The normalized spacial score (nSPS) is 14.0. The second kappa shape index (κ2) is 5.26. The van der Waals surface area contributed by atoms with E-state index >= 15 is 0 Å². The lowest BCUT2D eigenvalue weighted by atomic mass is 9.85. The molecule has 3 heteroatoms. The third-order valence-corrected chi connectivity index (χ3v) is 3.77. The Kier molecular flexibility index (Phi) is 3.43. The predicted octanol–water partition coefficient (Wildman–Crippen LogP) is 3.79. The van der Waals surface area contributed by atoms with Crippen LogP contribution in [0.2, 0.25) is 0 Å². The van der Waals surface area contributed by atoms with E-state index in [0.29, 0.717) is 6.42 Å². The predicted molar refractivity (Wildman–Crippen MR) is 83.4 cm³/mol. The molecule has 0 amide bonds.